The number of carbonyl (C=O) groups is 2. The molecule has 1 aromatic carbocycles. The number of hydrogen-bond acceptors (Lipinski definition) is 4. The normalized spacial score (nSPS) is 22.2. The Morgan fingerprint density at radius 1 is 1.32 bits per heavy atom. The summed E-state index contributed by atoms with van der Waals surface area (Å²) in [7, 11) is 0. The number of carboxylic acids is 1. The highest BCUT2D eigenvalue weighted by Gasteiger charge is 2.39. The first-order valence-electron chi connectivity index (χ1n) is 9.00. The molecule has 28 heavy (non-hydrogen) atoms. The van der Waals surface area contributed by atoms with Gasteiger partial charge < -0.3 is 10.2 Å². The monoisotopic (exact) mass is 422 g/mol. The van der Waals surface area contributed by atoms with Crippen LogP contribution in [0.3, 0.4) is 0 Å². The van der Waals surface area contributed by atoms with Crippen LogP contribution < -0.4 is 0 Å². The first-order valence-corrected chi connectivity index (χ1v) is 10.2. The van der Waals surface area contributed by atoms with E-state index in [1.807, 2.05) is 0 Å². The summed E-state index contributed by atoms with van der Waals surface area (Å²) in [6, 6.07) is 7.57. The molecule has 1 aliphatic rings. The van der Waals surface area contributed by atoms with E-state index in [9.17, 15) is 19.1 Å². The number of halogens is 2. The van der Waals surface area contributed by atoms with Crippen LogP contribution in [0.15, 0.2) is 36.4 Å². The van der Waals surface area contributed by atoms with E-state index < -0.39 is 17.9 Å². The number of thiophene rings is 1. The zero-order valence-electron chi connectivity index (χ0n) is 15.0. The number of aromatic carboxylic acids is 1. The summed E-state index contributed by atoms with van der Waals surface area (Å²) in [4.78, 5) is 24.5. The molecule has 148 valence electrons. The molecule has 4 nitrogen and oxygen atoms in total. The van der Waals surface area contributed by atoms with Crippen molar-refractivity contribution in [3.05, 3.63) is 62.6 Å². The molecule has 2 aromatic rings. The number of rotatable bonds is 7. The fraction of sp³-hybridized carbons (Fsp3) is 0.333. The third kappa shape index (κ3) is 5.07. The van der Waals surface area contributed by atoms with E-state index in [4.69, 9.17) is 16.7 Å². The van der Waals surface area contributed by atoms with Crippen molar-refractivity contribution < 1.29 is 24.2 Å². The molecular weight excluding hydrogens is 403 g/mol. The van der Waals surface area contributed by atoms with Crippen molar-refractivity contribution in [2.75, 3.05) is 0 Å². The van der Waals surface area contributed by atoms with Gasteiger partial charge in [-0.15, -0.1) is 11.3 Å². The molecule has 1 heterocycles. The van der Waals surface area contributed by atoms with E-state index in [1.54, 1.807) is 30.4 Å². The van der Waals surface area contributed by atoms with Crippen LogP contribution in [0.2, 0.25) is 5.02 Å². The third-order valence-corrected chi connectivity index (χ3v) is 6.29. The van der Waals surface area contributed by atoms with Gasteiger partial charge in [0.15, 0.2) is 0 Å². The molecule has 0 bridgehead atoms. The number of ketones is 1. The largest absolute Gasteiger partial charge is 0.477 e. The Labute approximate surface area is 171 Å². The van der Waals surface area contributed by atoms with Crippen LogP contribution in [0.1, 0.15) is 39.4 Å². The molecule has 7 heteroatoms. The van der Waals surface area contributed by atoms with E-state index in [1.165, 1.54) is 23.5 Å². The molecule has 0 aliphatic heterocycles. The standard InChI is InChI=1S/C21H20ClFO4S/c22-13-8-12(9-14(23)10-13)4-6-17-16(18(24)11-19(17)25)3-1-2-15-5-7-20(28-15)21(26)27/h4-10,16-17,19,25H,1-3,11H2,(H,26,27)/b6-4+/t16-,17-,19-/m1/s1. The summed E-state index contributed by atoms with van der Waals surface area (Å²) >= 11 is 7.10. The molecule has 3 rings (SSSR count). The summed E-state index contributed by atoms with van der Waals surface area (Å²) in [5, 5.41) is 19.5. The van der Waals surface area contributed by atoms with Crippen molar-refractivity contribution in [2.24, 2.45) is 11.8 Å². The van der Waals surface area contributed by atoms with Gasteiger partial charge in [0.05, 0.1) is 6.10 Å². The Hall–Kier alpha value is -2.02. The van der Waals surface area contributed by atoms with Gasteiger partial charge in [-0.3, -0.25) is 4.79 Å². The van der Waals surface area contributed by atoms with Crippen molar-refractivity contribution in [1.29, 1.82) is 0 Å². The molecule has 0 radical (unpaired) electrons. The van der Waals surface area contributed by atoms with Crippen molar-refractivity contribution >= 4 is 40.8 Å². The van der Waals surface area contributed by atoms with E-state index in [0.29, 0.717) is 23.3 Å². The van der Waals surface area contributed by atoms with Gasteiger partial charge in [-0.05, 0) is 55.2 Å². The highest BCUT2D eigenvalue weighted by Crippen LogP contribution is 2.35. The smallest absolute Gasteiger partial charge is 0.345 e. The second-order valence-corrected chi connectivity index (χ2v) is 8.55. The van der Waals surface area contributed by atoms with Crippen molar-refractivity contribution in [2.45, 2.75) is 31.8 Å². The average Bonchev–Trinajstić information content (AvgIpc) is 3.18. The lowest BCUT2D eigenvalue weighted by Gasteiger charge is -2.17. The predicted molar refractivity (Wildman–Crippen MR) is 107 cm³/mol. The van der Waals surface area contributed by atoms with Crippen LogP contribution in [0.4, 0.5) is 4.39 Å². The Balaban J connectivity index is 1.63. The average molecular weight is 423 g/mol. The molecule has 3 atom stereocenters. The van der Waals surface area contributed by atoms with Crippen molar-refractivity contribution in [1.82, 2.24) is 0 Å². The van der Waals surface area contributed by atoms with E-state index in [0.717, 1.165) is 11.3 Å². The lowest BCUT2D eigenvalue weighted by atomic mass is 9.88. The fourth-order valence-electron chi connectivity index (χ4n) is 3.61. The molecule has 1 saturated carbocycles. The first kappa shape index (κ1) is 20.7. The number of carbonyl (C=O) groups excluding carboxylic acids is 1. The Morgan fingerprint density at radius 3 is 2.79 bits per heavy atom. The van der Waals surface area contributed by atoms with Crippen LogP contribution in [0.25, 0.3) is 6.08 Å². The number of aryl methyl sites for hydroxylation is 1. The number of Topliss-reactive ketones (excluding diaryl/α,β-unsaturated/α-hetero) is 1. The van der Waals surface area contributed by atoms with Crippen molar-refractivity contribution in [3.63, 3.8) is 0 Å². The third-order valence-electron chi connectivity index (χ3n) is 4.94. The van der Waals surface area contributed by atoms with Gasteiger partial charge in [-0.1, -0.05) is 23.8 Å². The van der Waals surface area contributed by atoms with Crippen LogP contribution in [0, 0.1) is 17.7 Å². The Bertz CT molecular complexity index is 887. The van der Waals surface area contributed by atoms with Gasteiger partial charge in [0.25, 0.3) is 0 Å². The second-order valence-electron chi connectivity index (χ2n) is 6.95. The van der Waals surface area contributed by atoms with Gasteiger partial charge in [-0.2, -0.15) is 0 Å². The highest BCUT2D eigenvalue weighted by atomic mass is 35.5. The summed E-state index contributed by atoms with van der Waals surface area (Å²) in [6.45, 7) is 0. The lowest BCUT2D eigenvalue weighted by Crippen LogP contribution is -2.18. The second kappa shape index (κ2) is 8.99. The highest BCUT2D eigenvalue weighted by molar-refractivity contribution is 7.13. The maximum Gasteiger partial charge on any atom is 0.345 e. The van der Waals surface area contributed by atoms with E-state index in [-0.39, 0.29) is 29.1 Å². The van der Waals surface area contributed by atoms with Crippen molar-refractivity contribution in [3.8, 4) is 0 Å². The Kier molecular flexibility index (Phi) is 6.65. The van der Waals surface area contributed by atoms with Crippen LogP contribution in [0.5, 0.6) is 0 Å². The minimum Gasteiger partial charge on any atom is -0.477 e. The quantitative estimate of drug-likeness (QED) is 0.669. The van der Waals surface area contributed by atoms with Gasteiger partial charge in [0.1, 0.15) is 16.5 Å². The fourth-order valence-corrected chi connectivity index (χ4v) is 4.73. The zero-order valence-corrected chi connectivity index (χ0v) is 16.5. The first-order chi connectivity index (χ1) is 13.3. The maximum absolute atomic E-state index is 13.5. The number of aliphatic hydroxyl groups excluding tert-OH is 1. The number of benzene rings is 1. The molecule has 1 fully saturated rings. The predicted octanol–water partition coefficient (Wildman–Crippen LogP) is 4.84. The molecule has 0 spiro atoms. The minimum atomic E-state index is -0.937. The summed E-state index contributed by atoms with van der Waals surface area (Å²) in [5.74, 6) is -1.98. The molecule has 1 aliphatic carbocycles. The van der Waals surface area contributed by atoms with Crippen LogP contribution >= 0.6 is 22.9 Å². The molecule has 1 aromatic heterocycles. The number of aliphatic hydroxyl groups is 1. The zero-order chi connectivity index (χ0) is 20.3. The molecular formula is C21H20ClFO4S. The van der Waals surface area contributed by atoms with Gasteiger partial charge >= 0.3 is 5.97 Å². The topological polar surface area (TPSA) is 74.6 Å². The van der Waals surface area contributed by atoms with E-state index in [2.05, 4.69) is 0 Å². The minimum absolute atomic E-state index is 0.0248. The maximum atomic E-state index is 13.5. The lowest BCUT2D eigenvalue weighted by molar-refractivity contribution is -0.121. The van der Waals surface area contributed by atoms with Gasteiger partial charge in [0, 0.05) is 28.2 Å². The number of hydrogen-bond donors (Lipinski definition) is 2. The number of carboxylic acid groups (broad SMARTS) is 1. The molecule has 2 N–H and O–H groups in total. The molecule has 0 amide bonds. The van der Waals surface area contributed by atoms with Gasteiger partial charge in [0.2, 0.25) is 0 Å². The summed E-state index contributed by atoms with van der Waals surface area (Å²) in [5.41, 5.74) is 0.579. The Morgan fingerprint density at radius 2 is 2.11 bits per heavy atom. The SMILES string of the molecule is O=C(O)c1ccc(CCC[C@H]2C(=O)C[C@@H](O)[C@@H]2/C=C/c2cc(F)cc(Cl)c2)s1. The summed E-state index contributed by atoms with van der Waals surface area (Å²) < 4.78 is 13.5. The van der Waals surface area contributed by atoms with E-state index >= 15 is 0 Å². The van der Waals surface area contributed by atoms with Gasteiger partial charge in [-0.25, -0.2) is 9.18 Å². The van der Waals surface area contributed by atoms with Crippen LogP contribution in [-0.2, 0) is 11.2 Å². The molecule has 0 unspecified atom stereocenters. The molecule has 0 saturated heterocycles. The van der Waals surface area contributed by atoms with Crippen LogP contribution in [-0.4, -0.2) is 28.1 Å². The summed E-state index contributed by atoms with van der Waals surface area (Å²) in [6.07, 6.45) is 4.83.